The Hall–Kier alpha value is -1.38. The molecule has 1 saturated carbocycles. The number of fused-ring (bicyclic) bond motifs is 1. The minimum absolute atomic E-state index is 0.720. The molecule has 1 aliphatic carbocycles. The third kappa shape index (κ3) is 0.826. The molecule has 0 unspecified atom stereocenters. The van der Waals surface area contributed by atoms with Crippen LogP contribution >= 0.6 is 0 Å². The van der Waals surface area contributed by atoms with Crippen LogP contribution in [0.15, 0.2) is 18.3 Å². The molecule has 1 aliphatic rings. The van der Waals surface area contributed by atoms with E-state index in [0.29, 0.717) is 0 Å². The fourth-order valence-electron chi connectivity index (χ4n) is 1.45. The highest BCUT2D eigenvalue weighted by Gasteiger charge is 2.24. The molecule has 0 radical (unpaired) electrons. The summed E-state index contributed by atoms with van der Waals surface area (Å²) in [5.74, 6) is 0.720. The van der Waals surface area contributed by atoms with Gasteiger partial charge in [-0.05, 0) is 25.0 Å². The Bertz CT molecular complexity index is 414. The van der Waals surface area contributed by atoms with Crippen molar-refractivity contribution >= 4 is 11.0 Å². The summed E-state index contributed by atoms with van der Waals surface area (Å²) in [6.07, 6.45) is 4.40. The van der Waals surface area contributed by atoms with Crippen LogP contribution in [0.5, 0.6) is 0 Å². The van der Waals surface area contributed by atoms with Crippen molar-refractivity contribution in [2.24, 2.45) is 0 Å². The van der Waals surface area contributed by atoms with E-state index in [0.717, 1.165) is 17.0 Å². The summed E-state index contributed by atoms with van der Waals surface area (Å²) >= 11 is 0. The maximum Gasteiger partial charge on any atom is 0.155 e. The van der Waals surface area contributed by atoms with Gasteiger partial charge in [0, 0.05) is 17.0 Å². The smallest absolute Gasteiger partial charge is 0.155 e. The van der Waals surface area contributed by atoms with Crippen molar-refractivity contribution < 1.29 is 0 Å². The van der Waals surface area contributed by atoms with Gasteiger partial charge in [0.1, 0.15) is 0 Å². The summed E-state index contributed by atoms with van der Waals surface area (Å²) in [6, 6.07) is 4.19. The average molecular weight is 159 g/mol. The fraction of sp³-hybridized carbons (Fsp3) is 0.333. The molecule has 1 fully saturated rings. The molecule has 60 valence electrons. The van der Waals surface area contributed by atoms with E-state index in [9.17, 15) is 0 Å². The highest BCUT2D eigenvalue weighted by molar-refractivity contribution is 5.73. The zero-order chi connectivity index (χ0) is 7.97. The second-order valence-electron chi connectivity index (χ2n) is 3.32. The van der Waals surface area contributed by atoms with Crippen LogP contribution in [0.2, 0.25) is 0 Å². The molecule has 0 amide bonds. The van der Waals surface area contributed by atoms with Gasteiger partial charge in [-0.1, -0.05) is 0 Å². The van der Waals surface area contributed by atoms with Crippen molar-refractivity contribution in [2.45, 2.75) is 18.8 Å². The molecule has 0 bridgehead atoms. The van der Waals surface area contributed by atoms with Crippen molar-refractivity contribution in [3.8, 4) is 0 Å². The molecule has 3 heteroatoms. The first-order valence-electron chi connectivity index (χ1n) is 4.23. The minimum atomic E-state index is 0.720. The first kappa shape index (κ1) is 6.17. The Morgan fingerprint density at radius 2 is 2.25 bits per heavy atom. The highest BCUT2D eigenvalue weighted by Crippen LogP contribution is 2.39. The quantitative estimate of drug-likeness (QED) is 0.689. The highest BCUT2D eigenvalue weighted by atomic mass is 15.1. The fourth-order valence-corrected chi connectivity index (χ4v) is 1.45. The Labute approximate surface area is 69.8 Å². The number of H-pyrrole nitrogens is 1. The number of rotatable bonds is 1. The van der Waals surface area contributed by atoms with Gasteiger partial charge in [0.25, 0.3) is 0 Å². The molecule has 2 heterocycles. The Morgan fingerprint density at radius 3 is 3.08 bits per heavy atom. The number of nitrogens with one attached hydrogen (secondary N) is 1. The molecular formula is C9H9N3. The van der Waals surface area contributed by atoms with E-state index in [2.05, 4.69) is 27.3 Å². The number of hydrogen-bond donors (Lipinski definition) is 1. The van der Waals surface area contributed by atoms with Crippen molar-refractivity contribution in [1.82, 2.24) is 15.2 Å². The van der Waals surface area contributed by atoms with Crippen LogP contribution in [-0.2, 0) is 0 Å². The summed E-state index contributed by atoms with van der Waals surface area (Å²) in [5.41, 5.74) is 2.13. The first-order chi connectivity index (χ1) is 5.93. The van der Waals surface area contributed by atoms with Gasteiger partial charge in [-0.3, -0.25) is 5.10 Å². The van der Waals surface area contributed by atoms with Crippen molar-refractivity contribution in [1.29, 1.82) is 0 Å². The monoisotopic (exact) mass is 159 g/mol. The van der Waals surface area contributed by atoms with E-state index in [1.807, 2.05) is 0 Å². The number of aromatic nitrogens is 3. The summed E-state index contributed by atoms with van der Waals surface area (Å²) in [5, 5.41) is 7.91. The van der Waals surface area contributed by atoms with Crippen LogP contribution in [0.4, 0.5) is 0 Å². The second kappa shape index (κ2) is 2.06. The van der Waals surface area contributed by atoms with E-state index in [1.54, 1.807) is 6.20 Å². The molecule has 1 N–H and O–H groups in total. The van der Waals surface area contributed by atoms with Gasteiger partial charge in [0.15, 0.2) is 5.65 Å². The first-order valence-corrected chi connectivity index (χ1v) is 4.23. The second-order valence-corrected chi connectivity index (χ2v) is 3.32. The molecule has 0 saturated heterocycles. The van der Waals surface area contributed by atoms with Crippen LogP contribution in [0.3, 0.4) is 0 Å². The lowest BCUT2D eigenvalue weighted by Crippen LogP contribution is -1.85. The SMILES string of the molecule is c1cc2cn[nH]c2nc1C1CC1. The molecule has 0 spiro atoms. The lowest BCUT2D eigenvalue weighted by molar-refractivity contribution is 1.02. The standard InChI is InChI=1S/C9H9N3/c1-2-6(1)8-4-3-7-5-10-12-9(7)11-8/h3-6H,1-2H2,(H,10,11,12). The van der Waals surface area contributed by atoms with Gasteiger partial charge in [0.2, 0.25) is 0 Å². The minimum Gasteiger partial charge on any atom is -0.261 e. The Kier molecular flexibility index (Phi) is 1.06. The number of aromatic amines is 1. The van der Waals surface area contributed by atoms with E-state index >= 15 is 0 Å². The molecule has 0 aromatic carbocycles. The van der Waals surface area contributed by atoms with Crippen LogP contribution < -0.4 is 0 Å². The van der Waals surface area contributed by atoms with Gasteiger partial charge < -0.3 is 0 Å². The normalized spacial score (nSPS) is 17.0. The predicted molar refractivity (Wildman–Crippen MR) is 45.9 cm³/mol. The van der Waals surface area contributed by atoms with E-state index < -0.39 is 0 Å². The van der Waals surface area contributed by atoms with Crippen LogP contribution in [0.25, 0.3) is 11.0 Å². The maximum absolute atomic E-state index is 4.48. The summed E-state index contributed by atoms with van der Waals surface area (Å²) in [7, 11) is 0. The maximum atomic E-state index is 4.48. The van der Waals surface area contributed by atoms with Gasteiger partial charge >= 0.3 is 0 Å². The largest absolute Gasteiger partial charge is 0.261 e. The predicted octanol–water partition coefficient (Wildman–Crippen LogP) is 1.84. The topological polar surface area (TPSA) is 41.6 Å². The molecule has 12 heavy (non-hydrogen) atoms. The molecule has 3 nitrogen and oxygen atoms in total. The zero-order valence-corrected chi connectivity index (χ0v) is 6.62. The molecular weight excluding hydrogens is 150 g/mol. The van der Waals surface area contributed by atoms with Crippen LogP contribution in [0.1, 0.15) is 24.5 Å². The lowest BCUT2D eigenvalue weighted by Gasteiger charge is -1.94. The van der Waals surface area contributed by atoms with E-state index in [1.165, 1.54) is 18.5 Å². The summed E-state index contributed by atoms with van der Waals surface area (Å²) in [6.45, 7) is 0. The van der Waals surface area contributed by atoms with Gasteiger partial charge in [-0.15, -0.1) is 0 Å². The Morgan fingerprint density at radius 1 is 1.33 bits per heavy atom. The third-order valence-electron chi connectivity index (χ3n) is 2.32. The molecule has 0 aliphatic heterocycles. The van der Waals surface area contributed by atoms with Gasteiger partial charge in [-0.2, -0.15) is 5.10 Å². The van der Waals surface area contributed by atoms with Crippen LogP contribution in [0, 0.1) is 0 Å². The van der Waals surface area contributed by atoms with Crippen molar-refractivity contribution in [3.63, 3.8) is 0 Å². The average Bonchev–Trinajstić information content (AvgIpc) is 2.84. The summed E-state index contributed by atoms with van der Waals surface area (Å²) in [4.78, 5) is 4.48. The molecule has 0 atom stereocenters. The Balaban J connectivity index is 2.21. The van der Waals surface area contributed by atoms with Crippen LogP contribution in [-0.4, -0.2) is 15.2 Å². The van der Waals surface area contributed by atoms with Gasteiger partial charge in [-0.25, -0.2) is 4.98 Å². The zero-order valence-electron chi connectivity index (χ0n) is 6.62. The third-order valence-corrected chi connectivity index (χ3v) is 2.32. The van der Waals surface area contributed by atoms with Crippen molar-refractivity contribution in [2.75, 3.05) is 0 Å². The number of nitrogens with zero attached hydrogens (tertiary/aromatic N) is 2. The number of pyridine rings is 1. The molecule has 3 rings (SSSR count). The van der Waals surface area contributed by atoms with E-state index in [4.69, 9.17) is 0 Å². The molecule has 2 aromatic heterocycles. The van der Waals surface area contributed by atoms with Crippen molar-refractivity contribution in [3.05, 3.63) is 24.0 Å². The lowest BCUT2D eigenvalue weighted by atomic mass is 10.2. The number of hydrogen-bond acceptors (Lipinski definition) is 2. The molecule has 2 aromatic rings. The van der Waals surface area contributed by atoms with Gasteiger partial charge in [0.05, 0.1) is 6.20 Å². The van der Waals surface area contributed by atoms with E-state index in [-0.39, 0.29) is 0 Å². The summed E-state index contributed by atoms with van der Waals surface area (Å²) < 4.78 is 0.